The number of carbonyl (C=O) groups excluding carboxylic acids is 1. The van der Waals surface area contributed by atoms with Crippen molar-refractivity contribution in [3.8, 4) is 0 Å². The minimum Gasteiger partial charge on any atom is -0.391 e. The number of aliphatic hydroxyl groups excluding tert-OH is 1. The summed E-state index contributed by atoms with van der Waals surface area (Å²) in [6.45, 7) is 4.32. The topological polar surface area (TPSA) is 49.3 Å². The van der Waals surface area contributed by atoms with Gasteiger partial charge in [0.05, 0.1) is 12.1 Å². The Morgan fingerprint density at radius 2 is 1.90 bits per heavy atom. The van der Waals surface area contributed by atoms with E-state index in [4.69, 9.17) is 0 Å². The molecule has 0 saturated heterocycles. The molecule has 2 unspecified atom stereocenters. The smallest absolute Gasteiger partial charge is 0.244 e. The Balaban J connectivity index is 1.89. The molecule has 3 nitrogen and oxygen atoms in total. The first-order valence-electron chi connectivity index (χ1n) is 7.83. The first-order valence-corrected chi connectivity index (χ1v) is 7.83. The molecule has 0 bridgehead atoms. The molecular weight excluding hydrogens is 262 g/mol. The lowest BCUT2D eigenvalue weighted by molar-refractivity contribution is -0.118. The Bertz CT molecular complexity index is 490. The van der Waals surface area contributed by atoms with E-state index in [2.05, 4.69) is 31.3 Å². The summed E-state index contributed by atoms with van der Waals surface area (Å²) >= 11 is 0. The molecule has 1 aliphatic rings. The van der Waals surface area contributed by atoms with Gasteiger partial charge in [0.15, 0.2) is 0 Å². The lowest BCUT2D eigenvalue weighted by Gasteiger charge is -2.27. The fraction of sp³-hybridized carbons (Fsp3) is 0.500. The van der Waals surface area contributed by atoms with Gasteiger partial charge in [0.1, 0.15) is 0 Å². The summed E-state index contributed by atoms with van der Waals surface area (Å²) < 4.78 is 0. The first-order chi connectivity index (χ1) is 10.1. The Hall–Kier alpha value is -1.61. The van der Waals surface area contributed by atoms with E-state index in [1.165, 1.54) is 5.56 Å². The van der Waals surface area contributed by atoms with E-state index in [1.54, 1.807) is 6.08 Å². The van der Waals surface area contributed by atoms with Crippen LogP contribution >= 0.6 is 0 Å². The second-order valence-electron chi connectivity index (χ2n) is 6.12. The van der Waals surface area contributed by atoms with Crippen molar-refractivity contribution >= 4 is 12.0 Å². The Morgan fingerprint density at radius 1 is 1.24 bits per heavy atom. The predicted molar refractivity (Wildman–Crippen MR) is 86.0 cm³/mol. The van der Waals surface area contributed by atoms with Crippen LogP contribution in [0.4, 0.5) is 0 Å². The summed E-state index contributed by atoms with van der Waals surface area (Å²) in [4.78, 5) is 11.9. The largest absolute Gasteiger partial charge is 0.391 e. The quantitative estimate of drug-likeness (QED) is 0.835. The molecule has 1 amide bonds. The maximum atomic E-state index is 11.9. The molecule has 2 N–H and O–H groups in total. The number of hydrogen-bond donors (Lipinski definition) is 2. The maximum Gasteiger partial charge on any atom is 0.244 e. The van der Waals surface area contributed by atoms with Crippen LogP contribution < -0.4 is 5.32 Å². The summed E-state index contributed by atoms with van der Waals surface area (Å²) in [5.41, 5.74) is 2.31. The number of benzene rings is 1. The van der Waals surface area contributed by atoms with Crippen LogP contribution in [-0.2, 0) is 4.79 Å². The molecule has 0 radical (unpaired) electrons. The summed E-state index contributed by atoms with van der Waals surface area (Å²) in [5.74, 6) is 0.382. The Labute approximate surface area is 127 Å². The number of carbonyl (C=O) groups is 1. The van der Waals surface area contributed by atoms with Crippen molar-refractivity contribution < 1.29 is 9.90 Å². The number of hydrogen-bond acceptors (Lipinski definition) is 2. The molecule has 1 aromatic rings. The van der Waals surface area contributed by atoms with Gasteiger partial charge in [-0.25, -0.2) is 0 Å². The molecule has 2 rings (SSSR count). The summed E-state index contributed by atoms with van der Waals surface area (Å²) in [6.07, 6.45) is 6.73. The van der Waals surface area contributed by atoms with Gasteiger partial charge < -0.3 is 10.4 Å². The van der Waals surface area contributed by atoms with E-state index < -0.39 is 6.10 Å². The summed E-state index contributed by atoms with van der Waals surface area (Å²) in [6, 6.07) is 8.13. The van der Waals surface area contributed by atoms with Gasteiger partial charge in [0.25, 0.3) is 0 Å². The Kier molecular flexibility index (Phi) is 5.57. The van der Waals surface area contributed by atoms with Crippen molar-refractivity contribution in [2.45, 2.75) is 57.6 Å². The van der Waals surface area contributed by atoms with Crippen molar-refractivity contribution in [2.75, 3.05) is 0 Å². The number of aliphatic hydroxyl groups is 1. The van der Waals surface area contributed by atoms with E-state index in [-0.39, 0.29) is 11.9 Å². The van der Waals surface area contributed by atoms with Crippen molar-refractivity contribution in [3.05, 3.63) is 41.5 Å². The van der Waals surface area contributed by atoms with Crippen LogP contribution in [0.1, 0.15) is 56.6 Å². The fourth-order valence-electron chi connectivity index (χ4n) is 2.67. The molecule has 1 fully saturated rings. The molecule has 0 aliphatic heterocycles. The lowest BCUT2D eigenvalue weighted by atomic mass is 9.92. The molecule has 1 aliphatic carbocycles. The molecule has 3 heteroatoms. The van der Waals surface area contributed by atoms with Crippen molar-refractivity contribution in [1.82, 2.24) is 5.32 Å². The van der Waals surface area contributed by atoms with E-state index in [0.29, 0.717) is 5.92 Å². The highest BCUT2D eigenvalue weighted by atomic mass is 16.3. The van der Waals surface area contributed by atoms with Crippen LogP contribution in [0.3, 0.4) is 0 Å². The first kappa shape index (κ1) is 15.8. The van der Waals surface area contributed by atoms with E-state index in [1.807, 2.05) is 18.2 Å². The molecule has 114 valence electrons. The minimum absolute atomic E-state index is 0.0979. The molecule has 0 spiro atoms. The SMILES string of the molecule is CC(C)c1ccc(C=CC(=O)NC2CCCCC2O)cc1. The molecule has 0 aromatic heterocycles. The van der Waals surface area contributed by atoms with Gasteiger partial charge >= 0.3 is 0 Å². The standard InChI is InChI=1S/C18H25NO2/c1-13(2)15-10-7-14(8-11-15)9-12-18(21)19-16-5-3-4-6-17(16)20/h7-13,16-17,20H,3-6H2,1-2H3,(H,19,21). The molecule has 1 aromatic carbocycles. The highest BCUT2D eigenvalue weighted by Crippen LogP contribution is 2.18. The average Bonchev–Trinajstić information content (AvgIpc) is 2.48. The van der Waals surface area contributed by atoms with E-state index >= 15 is 0 Å². The van der Waals surface area contributed by atoms with Crippen LogP contribution in [0.5, 0.6) is 0 Å². The van der Waals surface area contributed by atoms with Crippen LogP contribution in [0.2, 0.25) is 0 Å². The van der Waals surface area contributed by atoms with Gasteiger partial charge in [0, 0.05) is 6.08 Å². The third-order valence-electron chi connectivity index (χ3n) is 4.09. The number of rotatable bonds is 4. The normalized spacial score (nSPS) is 22.7. The second kappa shape index (κ2) is 7.41. The zero-order valence-corrected chi connectivity index (χ0v) is 12.9. The highest BCUT2D eigenvalue weighted by molar-refractivity contribution is 5.91. The monoisotopic (exact) mass is 287 g/mol. The summed E-state index contributed by atoms with van der Waals surface area (Å²) in [5, 5.41) is 12.7. The second-order valence-corrected chi connectivity index (χ2v) is 6.12. The Morgan fingerprint density at radius 3 is 2.52 bits per heavy atom. The zero-order chi connectivity index (χ0) is 15.2. The highest BCUT2D eigenvalue weighted by Gasteiger charge is 2.23. The van der Waals surface area contributed by atoms with Gasteiger partial charge in [0.2, 0.25) is 5.91 Å². The molecule has 21 heavy (non-hydrogen) atoms. The number of nitrogens with one attached hydrogen (secondary N) is 1. The third kappa shape index (κ3) is 4.71. The van der Waals surface area contributed by atoms with Gasteiger partial charge in [-0.2, -0.15) is 0 Å². The van der Waals surface area contributed by atoms with Crippen molar-refractivity contribution in [2.24, 2.45) is 0 Å². The van der Waals surface area contributed by atoms with Crippen molar-refractivity contribution in [3.63, 3.8) is 0 Å². The predicted octanol–water partition coefficient (Wildman–Crippen LogP) is 3.24. The van der Waals surface area contributed by atoms with Crippen LogP contribution in [0, 0.1) is 0 Å². The molecule has 0 heterocycles. The van der Waals surface area contributed by atoms with Gasteiger partial charge in [-0.3, -0.25) is 4.79 Å². The van der Waals surface area contributed by atoms with Crippen LogP contribution in [-0.4, -0.2) is 23.2 Å². The lowest BCUT2D eigenvalue weighted by Crippen LogP contribution is -2.44. The van der Waals surface area contributed by atoms with Crippen LogP contribution in [0.25, 0.3) is 6.08 Å². The third-order valence-corrected chi connectivity index (χ3v) is 4.09. The van der Waals surface area contributed by atoms with Crippen molar-refractivity contribution in [1.29, 1.82) is 0 Å². The molecule has 2 atom stereocenters. The van der Waals surface area contributed by atoms with Gasteiger partial charge in [-0.15, -0.1) is 0 Å². The van der Waals surface area contributed by atoms with E-state index in [9.17, 15) is 9.90 Å². The average molecular weight is 287 g/mol. The summed E-state index contributed by atoms with van der Waals surface area (Å²) in [7, 11) is 0. The number of amides is 1. The maximum absolute atomic E-state index is 11.9. The van der Waals surface area contributed by atoms with Crippen LogP contribution in [0.15, 0.2) is 30.3 Å². The van der Waals surface area contributed by atoms with Gasteiger partial charge in [-0.05, 0) is 36.0 Å². The molecular formula is C18H25NO2. The minimum atomic E-state index is -0.401. The zero-order valence-electron chi connectivity index (χ0n) is 12.9. The van der Waals surface area contributed by atoms with E-state index in [0.717, 1.165) is 31.2 Å². The fourth-order valence-corrected chi connectivity index (χ4v) is 2.67. The van der Waals surface area contributed by atoms with Gasteiger partial charge in [-0.1, -0.05) is 51.0 Å². The molecule has 1 saturated carbocycles.